The van der Waals surface area contributed by atoms with Gasteiger partial charge in [-0.2, -0.15) is 0 Å². The molecule has 0 heterocycles. The van der Waals surface area contributed by atoms with Gasteiger partial charge < -0.3 is 5.73 Å². The van der Waals surface area contributed by atoms with E-state index in [9.17, 15) is 4.39 Å². The van der Waals surface area contributed by atoms with E-state index in [0.717, 1.165) is 16.3 Å². The van der Waals surface area contributed by atoms with Crippen LogP contribution < -0.4 is 5.73 Å². The predicted molar refractivity (Wildman–Crippen MR) is 56.9 cm³/mol. The summed E-state index contributed by atoms with van der Waals surface area (Å²) in [6.07, 6.45) is 0. The molecule has 0 saturated carbocycles. The summed E-state index contributed by atoms with van der Waals surface area (Å²) in [6, 6.07) is 13.3. The van der Waals surface area contributed by atoms with Crippen molar-refractivity contribution < 1.29 is 4.39 Å². The van der Waals surface area contributed by atoms with Gasteiger partial charge in [-0.05, 0) is 22.4 Å². The molecule has 2 aromatic rings. The third kappa shape index (κ3) is 1.61. The second-order valence-corrected chi connectivity index (χ2v) is 3.37. The summed E-state index contributed by atoms with van der Waals surface area (Å²) in [5, 5.41) is 2.26. The van der Waals surface area contributed by atoms with Gasteiger partial charge in [0.15, 0.2) is 0 Å². The van der Waals surface area contributed by atoms with Crippen LogP contribution >= 0.6 is 0 Å². The normalized spacial score (nSPS) is 13.0. The van der Waals surface area contributed by atoms with E-state index in [1.165, 1.54) is 0 Å². The molecule has 0 aliphatic carbocycles. The molecule has 72 valence electrons. The monoisotopic (exact) mass is 189 g/mol. The molecule has 2 rings (SSSR count). The van der Waals surface area contributed by atoms with Crippen molar-refractivity contribution in [1.29, 1.82) is 0 Å². The molecule has 0 amide bonds. The molecule has 0 bridgehead atoms. The van der Waals surface area contributed by atoms with E-state index in [1.807, 2.05) is 42.5 Å². The number of benzene rings is 2. The van der Waals surface area contributed by atoms with Crippen molar-refractivity contribution in [3.05, 3.63) is 48.0 Å². The van der Waals surface area contributed by atoms with Gasteiger partial charge in [-0.25, -0.2) is 4.39 Å². The van der Waals surface area contributed by atoms with Gasteiger partial charge in [-0.3, -0.25) is 0 Å². The van der Waals surface area contributed by atoms with Gasteiger partial charge in [0.1, 0.15) is 6.67 Å². The zero-order valence-electron chi connectivity index (χ0n) is 7.78. The highest BCUT2D eigenvalue weighted by Gasteiger charge is 2.04. The molecule has 1 atom stereocenters. The van der Waals surface area contributed by atoms with Gasteiger partial charge >= 0.3 is 0 Å². The molecule has 0 aliphatic rings. The van der Waals surface area contributed by atoms with Crippen LogP contribution in [0.4, 0.5) is 4.39 Å². The van der Waals surface area contributed by atoms with Crippen LogP contribution in [0.2, 0.25) is 0 Å². The SMILES string of the molecule is NC(CF)c1ccc2ccccc2c1. The highest BCUT2D eigenvalue weighted by atomic mass is 19.1. The van der Waals surface area contributed by atoms with Crippen LogP contribution in [-0.2, 0) is 0 Å². The van der Waals surface area contributed by atoms with Crippen molar-refractivity contribution in [2.75, 3.05) is 6.67 Å². The van der Waals surface area contributed by atoms with E-state index in [-0.39, 0.29) is 0 Å². The minimum atomic E-state index is -0.516. The second-order valence-electron chi connectivity index (χ2n) is 3.37. The van der Waals surface area contributed by atoms with Crippen molar-refractivity contribution in [3.63, 3.8) is 0 Å². The highest BCUT2D eigenvalue weighted by molar-refractivity contribution is 5.83. The maximum Gasteiger partial charge on any atom is 0.109 e. The van der Waals surface area contributed by atoms with E-state index in [4.69, 9.17) is 5.73 Å². The Morgan fingerprint density at radius 2 is 1.79 bits per heavy atom. The zero-order valence-corrected chi connectivity index (χ0v) is 7.78. The van der Waals surface area contributed by atoms with Crippen LogP contribution in [0.3, 0.4) is 0 Å². The Hall–Kier alpha value is -1.41. The van der Waals surface area contributed by atoms with Crippen LogP contribution in [0.1, 0.15) is 11.6 Å². The number of alkyl halides is 1. The van der Waals surface area contributed by atoms with Gasteiger partial charge in [-0.15, -0.1) is 0 Å². The molecular weight excluding hydrogens is 177 g/mol. The lowest BCUT2D eigenvalue weighted by Crippen LogP contribution is -2.11. The lowest BCUT2D eigenvalue weighted by Gasteiger charge is -2.08. The lowest BCUT2D eigenvalue weighted by molar-refractivity contribution is 0.437. The molecular formula is C12H12FN. The molecule has 1 unspecified atom stereocenters. The van der Waals surface area contributed by atoms with Crippen molar-refractivity contribution in [2.24, 2.45) is 5.73 Å². The molecule has 0 saturated heterocycles. The van der Waals surface area contributed by atoms with Gasteiger partial charge in [-0.1, -0.05) is 36.4 Å². The van der Waals surface area contributed by atoms with Gasteiger partial charge in [0.2, 0.25) is 0 Å². The summed E-state index contributed by atoms with van der Waals surface area (Å²) in [4.78, 5) is 0. The third-order valence-corrected chi connectivity index (χ3v) is 2.37. The molecule has 14 heavy (non-hydrogen) atoms. The van der Waals surface area contributed by atoms with E-state index >= 15 is 0 Å². The van der Waals surface area contributed by atoms with Gasteiger partial charge in [0.25, 0.3) is 0 Å². The summed E-state index contributed by atoms with van der Waals surface area (Å²) >= 11 is 0. The van der Waals surface area contributed by atoms with Crippen molar-refractivity contribution >= 4 is 10.8 Å². The van der Waals surface area contributed by atoms with Crippen molar-refractivity contribution in [2.45, 2.75) is 6.04 Å². The second kappa shape index (κ2) is 3.76. The minimum Gasteiger partial charge on any atom is -0.322 e. The number of halogens is 1. The number of hydrogen-bond donors (Lipinski definition) is 1. The van der Waals surface area contributed by atoms with E-state index in [0.29, 0.717) is 0 Å². The van der Waals surface area contributed by atoms with E-state index in [1.54, 1.807) is 0 Å². The standard InChI is InChI=1S/C12H12FN/c13-8-12(14)11-6-5-9-3-1-2-4-10(9)7-11/h1-7,12H,8,14H2. The molecule has 0 aromatic heterocycles. The first-order chi connectivity index (χ1) is 6.81. The Bertz CT molecular complexity index is 439. The zero-order chi connectivity index (χ0) is 9.97. The first-order valence-electron chi connectivity index (χ1n) is 4.61. The van der Waals surface area contributed by atoms with Crippen LogP contribution in [0.25, 0.3) is 10.8 Å². The van der Waals surface area contributed by atoms with Crippen LogP contribution in [0.15, 0.2) is 42.5 Å². The maximum atomic E-state index is 12.3. The maximum absolute atomic E-state index is 12.3. The van der Waals surface area contributed by atoms with Crippen molar-refractivity contribution in [3.8, 4) is 0 Å². The quantitative estimate of drug-likeness (QED) is 0.772. The Balaban J connectivity index is 2.51. The number of fused-ring (bicyclic) bond motifs is 1. The van der Waals surface area contributed by atoms with Crippen molar-refractivity contribution in [1.82, 2.24) is 0 Å². The highest BCUT2D eigenvalue weighted by Crippen LogP contribution is 2.19. The Labute approximate surface area is 82.3 Å². The summed E-state index contributed by atoms with van der Waals surface area (Å²) in [5.74, 6) is 0. The van der Waals surface area contributed by atoms with Crippen LogP contribution in [0.5, 0.6) is 0 Å². The fraction of sp³-hybridized carbons (Fsp3) is 0.167. The first kappa shape index (κ1) is 9.16. The molecule has 2 heteroatoms. The average molecular weight is 189 g/mol. The van der Waals surface area contributed by atoms with E-state index in [2.05, 4.69) is 0 Å². The van der Waals surface area contributed by atoms with Gasteiger partial charge in [0, 0.05) is 0 Å². The smallest absolute Gasteiger partial charge is 0.109 e. The Morgan fingerprint density at radius 3 is 2.50 bits per heavy atom. The summed E-state index contributed by atoms with van der Waals surface area (Å²) < 4.78 is 12.3. The number of hydrogen-bond acceptors (Lipinski definition) is 1. The molecule has 2 N–H and O–H groups in total. The van der Waals surface area contributed by atoms with Crippen LogP contribution in [-0.4, -0.2) is 6.67 Å². The number of nitrogens with two attached hydrogens (primary N) is 1. The Kier molecular flexibility index (Phi) is 2.46. The molecule has 0 radical (unpaired) electrons. The largest absolute Gasteiger partial charge is 0.322 e. The molecule has 2 aromatic carbocycles. The number of rotatable bonds is 2. The molecule has 0 aliphatic heterocycles. The molecule has 1 nitrogen and oxygen atoms in total. The third-order valence-electron chi connectivity index (χ3n) is 2.37. The molecule has 0 fully saturated rings. The molecule has 0 spiro atoms. The average Bonchev–Trinajstić information content (AvgIpc) is 2.27. The summed E-state index contributed by atoms with van der Waals surface area (Å²) in [7, 11) is 0. The van der Waals surface area contributed by atoms with Crippen LogP contribution in [0, 0.1) is 0 Å². The first-order valence-corrected chi connectivity index (χ1v) is 4.61. The fourth-order valence-corrected chi connectivity index (χ4v) is 1.53. The minimum absolute atomic E-state index is 0.500. The fourth-order valence-electron chi connectivity index (χ4n) is 1.53. The summed E-state index contributed by atoms with van der Waals surface area (Å²) in [5.41, 5.74) is 6.46. The topological polar surface area (TPSA) is 26.0 Å². The summed E-state index contributed by atoms with van der Waals surface area (Å²) in [6.45, 7) is -0.516. The predicted octanol–water partition coefficient (Wildman–Crippen LogP) is 2.81. The van der Waals surface area contributed by atoms with E-state index < -0.39 is 12.7 Å². The lowest BCUT2D eigenvalue weighted by atomic mass is 10.0. The van der Waals surface area contributed by atoms with Gasteiger partial charge in [0.05, 0.1) is 6.04 Å². The Morgan fingerprint density at radius 1 is 1.07 bits per heavy atom.